The maximum atomic E-state index is 10.5. The lowest BCUT2D eigenvalue weighted by atomic mass is 10.2. The Kier molecular flexibility index (Phi) is 7.52. The number of carbonyl (C=O) groups is 1. The first-order valence-corrected chi connectivity index (χ1v) is 11.3. The van der Waals surface area contributed by atoms with Gasteiger partial charge in [-0.1, -0.05) is 99.2 Å². The number of carbonyl (C=O) groups excluding carboxylic acids is 1. The molecular weight excluding hydrogens is 348 g/mol. The molecule has 0 spiro atoms. The summed E-state index contributed by atoms with van der Waals surface area (Å²) in [6.07, 6.45) is 7.35. The van der Waals surface area contributed by atoms with Gasteiger partial charge in [0, 0.05) is 0 Å². The van der Waals surface area contributed by atoms with Gasteiger partial charge in [-0.25, -0.2) is 0 Å². The number of hydrogen-bond donors (Lipinski definition) is 0. The van der Waals surface area contributed by atoms with Gasteiger partial charge in [0.2, 0.25) is 0 Å². The highest BCUT2D eigenvalue weighted by Crippen LogP contribution is 2.36. The Morgan fingerprint density at radius 3 is 1.89 bits per heavy atom. The lowest BCUT2D eigenvalue weighted by molar-refractivity contribution is -0.104. The van der Waals surface area contributed by atoms with Gasteiger partial charge < -0.3 is 4.43 Å². The van der Waals surface area contributed by atoms with Crippen LogP contribution < -0.4 is 10.4 Å². The van der Waals surface area contributed by atoms with E-state index in [1.54, 1.807) is 6.08 Å². The Labute approximate surface area is 164 Å². The van der Waals surface area contributed by atoms with E-state index in [0.717, 1.165) is 18.3 Å². The van der Waals surface area contributed by atoms with E-state index < -0.39 is 8.32 Å². The van der Waals surface area contributed by atoms with Gasteiger partial charge in [-0.15, -0.1) is 0 Å². The number of allylic oxidation sites excluding steroid dienone is 3. The van der Waals surface area contributed by atoms with Crippen molar-refractivity contribution in [1.82, 2.24) is 0 Å². The van der Waals surface area contributed by atoms with E-state index in [0.29, 0.717) is 6.61 Å². The molecule has 27 heavy (non-hydrogen) atoms. The topological polar surface area (TPSA) is 26.3 Å². The molecule has 0 atom stereocenters. The third kappa shape index (κ3) is 5.15. The summed E-state index contributed by atoms with van der Waals surface area (Å²) in [7, 11) is -2.46. The number of aldehydes is 1. The smallest absolute Gasteiger partial charge is 0.261 e. The van der Waals surface area contributed by atoms with E-state index in [-0.39, 0.29) is 5.04 Å². The molecule has 0 radical (unpaired) electrons. The molecule has 0 amide bonds. The highest BCUT2D eigenvalue weighted by molar-refractivity contribution is 6.99. The Bertz CT molecular complexity index is 732. The largest absolute Gasteiger partial charge is 0.404 e. The highest BCUT2D eigenvalue weighted by atomic mass is 28.4. The Morgan fingerprint density at radius 2 is 1.44 bits per heavy atom. The predicted octanol–water partition coefficient (Wildman–Crippen LogP) is 4.65. The quantitative estimate of drug-likeness (QED) is 0.289. The van der Waals surface area contributed by atoms with Crippen LogP contribution in [0.15, 0.2) is 84.5 Å². The normalized spacial score (nSPS) is 13.1. The third-order valence-corrected chi connectivity index (χ3v) is 9.78. The summed E-state index contributed by atoms with van der Waals surface area (Å²) in [5, 5.41) is 2.56. The fourth-order valence-corrected chi connectivity index (χ4v) is 7.96. The molecule has 0 N–H and O–H groups in total. The van der Waals surface area contributed by atoms with Crippen LogP contribution in [0.4, 0.5) is 0 Å². The monoisotopic (exact) mass is 378 g/mol. The summed E-state index contributed by atoms with van der Waals surface area (Å²) in [5.74, 6) is 0. The molecule has 3 heteroatoms. The summed E-state index contributed by atoms with van der Waals surface area (Å²) in [4.78, 5) is 10.5. The second kappa shape index (κ2) is 9.63. The van der Waals surface area contributed by atoms with Crippen LogP contribution >= 0.6 is 0 Å². The van der Waals surface area contributed by atoms with E-state index in [2.05, 4.69) is 93.6 Å². The van der Waals surface area contributed by atoms with Crippen LogP contribution in [-0.2, 0) is 9.22 Å². The average Bonchev–Trinajstić information content (AvgIpc) is 2.65. The number of hydrogen-bond acceptors (Lipinski definition) is 2. The molecule has 0 unspecified atom stereocenters. The molecule has 2 aromatic rings. The van der Waals surface area contributed by atoms with Gasteiger partial charge in [0.15, 0.2) is 0 Å². The van der Waals surface area contributed by atoms with Gasteiger partial charge in [-0.3, -0.25) is 4.79 Å². The van der Waals surface area contributed by atoms with Crippen LogP contribution in [0.1, 0.15) is 34.1 Å². The molecular formula is C24H30O2Si. The van der Waals surface area contributed by atoms with Crippen LogP contribution in [0.2, 0.25) is 5.04 Å². The minimum atomic E-state index is -2.46. The number of rotatable bonds is 8. The van der Waals surface area contributed by atoms with Crippen LogP contribution in [0.25, 0.3) is 0 Å². The van der Waals surface area contributed by atoms with E-state index in [9.17, 15) is 4.79 Å². The van der Waals surface area contributed by atoms with Crippen molar-refractivity contribution in [2.24, 2.45) is 0 Å². The van der Waals surface area contributed by atoms with E-state index >= 15 is 0 Å². The van der Waals surface area contributed by atoms with Crippen molar-refractivity contribution >= 4 is 25.0 Å². The second-order valence-corrected chi connectivity index (χ2v) is 12.1. The van der Waals surface area contributed by atoms with Crippen molar-refractivity contribution in [3.8, 4) is 0 Å². The fraction of sp³-hybridized carbons (Fsp3) is 0.292. The summed E-state index contributed by atoms with van der Waals surface area (Å²) in [6.45, 7) is 9.35. The SMILES string of the molecule is C/C(=C\C=O)C/C=C/CO[Si](c1ccccc1)(c1ccccc1)C(C)(C)C. The molecule has 142 valence electrons. The molecule has 0 aliphatic carbocycles. The lowest BCUT2D eigenvalue weighted by Gasteiger charge is -2.42. The molecule has 0 saturated carbocycles. The maximum Gasteiger partial charge on any atom is 0.261 e. The highest BCUT2D eigenvalue weighted by Gasteiger charge is 2.49. The van der Waals surface area contributed by atoms with E-state index in [1.165, 1.54) is 10.4 Å². The molecule has 2 rings (SSSR count). The Hall–Kier alpha value is -2.23. The van der Waals surface area contributed by atoms with Crippen LogP contribution in [0.3, 0.4) is 0 Å². The first-order chi connectivity index (χ1) is 12.9. The Morgan fingerprint density at radius 1 is 0.926 bits per heavy atom. The van der Waals surface area contributed by atoms with Gasteiger partial charge in [0.1, 0.15) is 6.29 Å². The van der Waals surface area contributed by atoms with E-state index in [4.69, 9.17) is 4.43 Å². The minimum Gasteiger partial charge on any atom is -0.404 e. The van der Waals surface area contributed by atoms with Gasteiger partial charge in [-0.05, 0) is 34.8 Å². The Balaban J connectivity index is 2.37. The minimum absolute atomic E-state index is 0.0170. The molecule has 0 fully saturated rings. The van der Waals surface area contributed by atoms with Crippen molar-refractivity contribution < 1.29 is 9.22 Å². The standard InChI is InChI=1S/C24H30O2Si/c1-21(18-19-25)13-11-12-20-26-27(24(2,3)4,22-14-7-5-8-15-22)23-16-9-6-10-17-23/h5-12,14-19H,13,20H2,1-4H3/b12-11+,21-18+. The van der Waals surface area contributed by atoms with Crippen molar-refractivity contribution in [2.75, 3.05) is 6.61 Å². The molecule has 0 bridgehead atoms. The van der Waals surface area contributed by atoms with Gasteiger partial charge in [0.25, 0.3) is 8.32 Å². The molecule has 2 aromatic carbocycles. The van der Waals surface area contributed by atoms with Gasteiger partial charge in [-0.2, -0.15) is 0 Å². The van der Waals surface area contributed by atoms with Gasteiger partial charge in [0.05, 0.1) is 6.61 Å². The van der Waals surface area contributed by atoms with Crippen molar-refractivity contribution in [3.05, 3.63) is 84.5 Å². The van der Waals surface area contributed by atoms with Crippen molar-refractivity contribution in [2.45, 2.75) is 39.2 Å². The summed E-state index contributed by atoms with van der Waals surface area (Å²) in [6, 6.07) is 21.3. The fourth-order valence-electron chi connectivity index (χ4n) is 3.46. The van der Waals surface area contributed by atoms with Crippen LogP contribution in [0.5, 0.6) is 0 Å². The second-order valence-electron chi connectivity index (χ2n) is 7.80. The number of benzene rings is 2. The zero-order valence-electron chi connectivity index (χ0n) is 16.8. The summed E-state index contributed by atoms with van der Waals surface area (Å²) < 4.78 is 6.77. The van der Waals surface area contributed by atoms with Crippen LogP contribution in [-0.4, -0.2) is 21.2 Å². The first-order valence-electron chi connectivity index (χ1n) is 9.43. The predicted molar refractivity (Wildman–Crippen MR) is 117 cm³/mol. The van der Waals surface area contributed by atoms with Crippen molar-refractivity contribution in [1.29, 1.82) is 0 Å². The molecule has 2 nitrogen and oxygen atoms in total. The summed E-state index contributed by atoms with van der Waals surface area (Å²) in [5.41, 5.74) is 1.05. The third-order valence-electron chi connectivity index (χ3n) is 4.77. The lowest BCUT2D eigenvalue weighted by Crippen LogP contribution is -2.66. The van der Waals surface area contributed by atoms with E-state index in [1.807, 2.05) is 6.92 Å². The average molecular weight is 379 g/mol. The van der Waals surface area contributed by atoms with Gasteiger partial charge >= 0.3 is 0 Å². The summed E-state index contributed by atoms with van der Waals surface area (Å²) >= 11 is 0. The zero-order valence-corrected chi connectivity index (χ0v) is 17.8. The molecule has 0 aliphatic heterocycles. The molecule has 0 heterocycles. The molecule has 0 aliphatic rings. The van der Waals surface area contributed by atoms with Crippen molar-refractivity contribution in [3.63, 3.8) is 0 Å². The first kappa shape index (κ1) is 21.1. The molecule has 0 saturated heterocycles. The molecule has 0 aromatic heterocycles. The van der Waals surface area contributed by atoms with Crippen LogP contribution in [0, 0.1) is 0 Å². The zero-order chi connectivity index (χ0) is 19.8. The maximum absolute atomic E-state index is 10.5.